The van der Waals surface area contributed by atoms with Gasteiger partial charge >= 0.3 is 6.03 Å². The van der Waals surface area contributed by atoms with Gasteiger partial charge in [0.2, 0.25) is 0 Å². The van der Waals surface area contributed by atoms with E-state index in [2.05, 4.69) is 52.3 Å². The Morgan fingerprint density at radius 1 is 0.667 bits per heavy atom. The Balaban J connectivity index is 1.15. The van der Waals surface area contributed by atoms with E-state index in [1.807, 2.05) is 40.1 Å². The van der Waals surface area contributed by atoms with Gasteiger partial charge < -0.3 is 9.80 Å². The molecule has 3 aromatic rings. The number of hydrogen-bond acceptors (Lipinski definition) is 3. The summed E-state index contributed by atoms with van der Waals surface area (Å²) in [5.74, 6) is 0. The summed E-state index contributed by atoms with van der Waals surface area (Å²) >= 11 is 0. The van der Waals surface area contributed by atoms with Gasteiger partial charge in [-0.2, -0.15) is 0 Å². The maximum absolute atomic E-state index is 12.8. The van der Waals surface area contributed by atoms with Crippen molar-refractivity contribution < 1.29 is 4.79 Å². The number of rotatable bonds is 5. The van der Waals surface area contributed by atoms with Crippen molar-refractivity contribution in [2.45, 2.75) is 0 Å². The smallest absolute Gasteiger partial charge is 0.324 e. The Morgan fingerprint density at radius 2 is 1.40 bits per heavy atom. The Morgan fingerprint density at radius 3 is 2.23 bits per heavy atom. The molecule has 2 heterocycles. The molecule has 2 aliphatic rings. The highest BCUT2D eigenvalue weighted by Crippen LogP contribution is 2.27. The highest BCUT2D eigenvalue weighted by molar-refractivity contribution is 5.95. The number of carbonyl (C=O) groups excluding carboxylic acids is 1. The molecule has 0 aliphatic carbocycles. The van der Waals surface area contributed by atoms with Crippen molar-refractivity contribution in [2.75, 3.05) is 62.2 Å². The standard InChI is InChI=1S/C25H28N4O/c30-25-28(19-20-29(25)22-9-2-1-3-10-22)18-15-26-13-16-27(17-14-26)24-12-6-8-21-7-4-5-11-23(21)24/h1-12H,13-20H2. The molecular weight excluding hydrogens is 372 g/mol. The molecule has 0 atom stereocenters. The highest BCUT2D eigenvalue weighted by Gasteiger charge is 2.29. The Labute approximate surface area is 178 Å². The van der Waals surface area contributed by atoms with Crippen LogP contribution in [0.2, 0.25) is 0 Å². The van der Waals surface area contributed by atoms with Crippen molar-refractivity contribution in [1.82, 2.24) is 9.80 Å². The fourth-order valence-corrected chi connectivity index (χ4v) is 4.60. The van der Waals surface area contributed by atoms with Crippen molar-refractivity contribution in [1.29, 1.82) is 0 Å². The molecule has 5 rings (SSSR count). The van der Waals surface area contributed by atoms with Gasteiger partial charge in [-0.1, -0.05) is 54.6 Å². The number of carbonyl (C=O) groups is 1. The zero-order valence-corrected chi connectivity index (χ0v) is 17.3. The quantitative estimate of drug-likeness (QED) is 0.651. The van der Waals surface area contributed by atoms with Crippen LogP contribution in [0.3, 0.4) is 0 Å². The van der Waals surface area contributed by atoms with E-state index < -0.39 is 0 Å². The summed E-state index contributed by atoms with van der Waals surface area (Å²) in [4.78, 5) is 21.6. The SMILES string of the molecule is O=C1N(CCN2CCN(c3cccc4ccccc34)CC2)CCN1c1ccccc1. The van der Waals surface area contributed by atoms with E-state index in [1.165, 1.54) is 16.5 Å². The summed E-state index contributed by atoms with van der Waals surface area (Å²) in [5, 5.41) is 2.63. The molecule has 30 heavy (non-hydrogen) atoms. The first-order valence-corrected chi connectivity index (χ1v) is 10.9. The molecule has 2 saturated heterocycles. The van der Waals surface area contributed by atoms with Crippen LogP contribution >= 0.6 is 0 Å². The summed E-state index contributed by atoms with van der Waals surface area (Å²) in [6, 6.07) is 25.3. The third-order valence-electron chi connectivity index (χ3n) is 6.33. The molecule has 5 heteroatoms. The van der Waals surface area contributed by atoms with Crippen molar-refractivity contribution in [3.05, 3.63) is 72.8 Å². The van der Waals surface area contributed by atoms with E-state index in [1.54, 1.807) is 0 Å². The van der Waals surface area contributed by atoms with Gasteiger partial charge in [-0.3, -0.25) is 9.80 Å². The second-order valence-corrected chi connectivity index (χ2v) is 8.08. The lowest BCUT2D eigenvalue weighted by Crippen LogP contribution is -2.48. The molecule has 0 spiro atoms. The predicted molar refractivity (Wildman–Crippen MR) is 123 cm³/mol. The van der Waals surface area contributed by atoms with Gasteiger partial charge in [0.05, 0.1) is 0 Å². The number of amides is 2. The summed E-state index contributed by atoms with van der Waals surface area (Å²) in [6.07, 6.45) is 0. The normalized spacial score (nSPS) is 17.9. The number of anilines is 2. The Hall–Kier alpha value is -3.05. The van der Waals surface area contributed by atoms with Gasteiger partial charge in [-0.05, 0) is 23.6 Å². The maximum atomic E-state index is 12.8. The largest absolute Gasteiger partial charge is 0.368 e. The monoisotopic (exact) mass is 400 g/mol. The summed E-state index contributed by atoms with van der Waals surface area (Å²) in [6.45, 7) is 7.45. The first kappa shape index (κ1) is 18.9. The fraction of sp³-hybridized carbons (Fsp3) is 0.320. The number of para-hydroxylation sites is 1. The minimum atomic E-state index is 0.135. The van der Waals surface area contributed by atoms with E-state index in [4.69, 9.17) is 0 Å². The van der Waals surface area contributed by atoms with Crippen LogP contribution in [-0.2, 0) is 0 Å². The van der Waals surface area contributed by atoms with Gasteiger partial charge in [-0.15, -0.1) is 0 Å². The van der Waals surface area contributed by atoms with Crippen molar-refractivity contribution in [3.8, 4) is 0 Å². The van der Waals surface area contributed by atoms with Gasteiger partial charge in [-0.25, -0.2) is 4.79 Å². The third-order valence-corrected chi connectivity index (χ3v) is 6.33. The lowest BCUT2D eigenvalue weighted by molar-refractivity contribution is 0.199. The van der Waals surface area contributed by atoms with Crippen molar-refractivity contribution in [3.63, 3.8) is 0 Å². The van der Waals surface area contributed by atoms with Crippen molar-refractivity contribution in [2.24, 2.45) is 0 Å². The zero-order valence-electron chi connectivity index (χ0n) is 17.3. The number of hydrogen-bond donors (Lipinski definition) is 0. The molecule has 0 saturated carbocycles. The lowest BCUT2D eigenvalue weighted by atomic mass is 10.1. The van der Waals surface area contributed by atoms with Crippen LogP contribution < -0.4 is 9.80 Å². The van der Waals surface area contributed by atoms with Gasteiger partial charge in [0.25, 0.3) is 0 Å². The second kappa shape index (κ2) is 8.36. The molecule has 2 amide bonds. The molecule has 5 nitrogen and oxygen atoms in total. The zero-order chi connectivity index (χ0) is 20.3. The summed E-state index contributed by atoms with van der Waals surface area (Å²) < 4.78 is 0. The van der Waals surface area contributed by atoms with E-state index in [9.17, 15) is 4.79 Å². The average Bonchev–Trinajstić information content (AvgIpc) is 3.18. The molecule has 2 aliphatic heterocycles. The predicted octanol–water partition coefficient (Wildman–Crippen LogP) is 3.90. The minimum Gasteiger partial charge on any atom is -0.368 e. The third kappa shape index (κ3) is 3.73. The fourth-order valence-electron chi connectivity index (χ4n) is 4.60. The van der Waals surface area contributed by atoms with Crippen LogP contribution in [0.15, 0.2) is 72.8 Å². The minimum absolute atomic E-state index is 0.135. The molecular formula is C25H28N4O. The molecule has 0 radical (unpaired) electrons. The first-order chi connectivity index (χ1) is 14.8. The van der Waals surface area contributed by atoms with Crippen LogP contribution in [-0.4, -0.2) is 68.2 Å². The first-order valence-electron chi connectivity index (χ1n) is 10.9. The van der Waals surface area contributed by atoms with Crippen LogP contribution in [0.5, 0.6) is 0 Å². The molecule has 0 aromatic heterocycles. The molecule has 0 unspecified atom stereocenters. The Kier molecular flexibility index (Phi) is 5.28. The van der Waals surface area contributed by atoms with E-state index in [-0.39, 0.29) is 6.03 Å². The van der Waals surface area contributed by atoms with Crippen LogP contribution in [0, 0.1) is 0 Å². The second-order valence-electron chi connectivity index (χ2n) is 8.08. The number of nitrogens with zero attached hydrogens (tertiary/aromatic N) is 4. The lowest BCUT2D eigenvalue weighted by Gasteiger charge is -2.37. The van der Waals surface area contributed by atoms with E-state index in [0.717, 1.165) is 58.0 Å². The average molecular weight is 401 g/mol. The number of fused-ring (bicyclic) bond motifs is 1. The summed E-state index contributed by atoms with van der Waals surface area (Å²) in [5.41, 5.74) is 2.33. The van der Waals surface area contributed by atoms with Crippen LogP contribution in [0.4, 0.5) is 16.2 Å². The van der Waals surface area contributed by atoms with Gasteiger partial charge in [0.1, 0.15) is 0 Å². The molecule has 154 valence electrons. The van der Waals surface area contributed by atoms with E-state index >= 15 is 0 Å². The number of urea groups is 1. The van der Waals surface area contributed by atoms with Crippen molar-refractivity contribution >= 4 is 28.2 Å². The maximum Gasteiger partial charge on any atom is 0.324 e. The van der Waals surface area contributed by atoms with Gasteiger partial charge in [0.15, 0.2) is 0 Å². The molecule has 3 aromatic carbocycles. The number of piperazine rings is 1. The van der Waals surface area contributed by atoms with E-state index in [0.29, 0.717) is 0 Å². The Bertz CT molecular complexity index is 1010. The molecule has 0 bridgehead atoms. The van der Waals surface area contributed by atoms with Crippen LogP contribution in [0.1, 0.15) is 0 Å². The number of benzene rings is 3. The summed E-state index contributed by atoms with van der Waals surface area (Å²) in [7, 11) is 0. The molecule has 0 N–H and O–H groups in total. The topological polar surface area (TPSA) is 30.0 Å². The molecule has 2 fully saturated rings. The highest BCUT2D eigenvalue weighted by atomic mass is 16.2. The van der Waals surface area contributed by atoms with Gasteiger partial charge in [0, 0.05) is 69.1 Å². The van der Waals surface area contributed by atoms with Crippen LogP contribution in [0.25, 0.3) is 10.8 Å².